The minimum absolute atomic E-state index is 0.0403. The Morgan fingerprint density at radius 1 is 0.941 bits per heavy atom. The van der Waals surface area contributed by atoms with Crippen LogP contribution in [0.25, 0.3) is 0 Å². The average Bonchev–Trinajstić information content (AvgIpc) is 3.45. The molecule has 176 valence electrons. The summed E-state index contributed by atoms with van der Waals surface area (Å²) in [5.41, 5.74) is 1.74. The van der Waals surface area contributed by atoms with Crippen molar-refractivity contribution in [3.8, 4) is 5.75 Å². The molecule has 3 aromatic carbocycles. The van der Waals surface area contributed by atoms with E-state index in [-0.39, 0.29) is 12.1 Å². The van der Waals surface area contributed by atoms with Crippen LogP contribution in [-0.2, 0) is 5.54 Å². The highest BCUT2D eigenvalue weighted by molar-refractivity contribution is 5.80. The van der Waals surface area contributed by atoms with Gasteiger partial charge in [-0.3, -0.25) is 0 Å². The lowest BCUT2D eigenvalue weighted by molar-refractivity contribution is -0.898. The summed E-state index contributed by atoms with van der Waals surface area (Å²) in [6.45, 7) is 4.50. The third-order valence-corrected chi connectivity index (χ3v) is 7.47. The number of carbonyl (C=O) groups is 1. The van der Waals surface area contributed by atoms with Crippen LogP contribution < -0.4 is 10.1 Å². The number of likely N-dealkylation sites (tertiary alicyclic amines) is 1. The minimum Gasteiger partial charge on any atom is -0.493 e. The number of benzene rings is 3. The highest BCUT2D eigenvalue weighted by Crippen LogP contribution is 2.37. The molecule has 5 rings (SSSR count). The van der Waals surface area contributed by atoms with Crippen molar-refractivity contribution >= 4 is 6.03 Å². The first kappa shape index (κ1) is 22.5. The van der Waals surface area contributed by atoms with Crippen molar-refractivity contribution in [3.63, 3.8) is 0 Å². The van der Waals surface area contributed by atoms with Gasteiger partial charge in [-0.05, 0) is 23.3 Å². The van der Waals surface area contributed by atoms with E-state index >= 15 is 0 Å². The number of hydrogen-bond acceptors (Lipinski definition) is 2. The highest BCUT2D eigenvalue weighted by Gasteiger charge is 2.50. The molecule has 2 amide bonds. The summed E-state index contributed by atoms with van der Waals surface area (Å²) in [7, 11) is 2.32. The Balaban J connectivity index is 1.26. The zero-order valence-corrected chi connectivity index (χ0v) is 19.9. The van der Waals surface area contributed by atoms with E-state index < -0.39 is 5.54 Å². The van der Waals surface area contributed by atoms with E-state index in [1.165, 1.54) is 0 Å². The molecule has 0 aromatic heterocycles. The summed E-state index contributed by atoms with van der Waals surface area (Å²) < 4.78 is 6.88. The number of amides is 2. The molecular weight excluding hydrogens is 422 g/mol. The molecule has 2 unspecified atom stereocenters. The Labute approximate surface area is 202 Å². The summed E-state index contributed by atoms with van der Waals surface area (Å²) in [4.78, 5) is 15.4. The lowest BCUT2D eigenvalue weighted by atomic mass is 9.83. The largest absolute Gasteiger partial charge is 0.493 e. The van der Waals surface area contributed by atoms with Crippen molar-refractivity contribution in [1.29, 1.82) is 0 Å². The summed E-state index contributed by atoms with van der Waals surface area (Å²) in [6.07, 6.45) is 2.03. The monoisotopic (exact) mass is 456 g/mol. The molecule has 2 heterocycles. The van der Waals surface area contributed by atoms with E-state index in [1.807, 2.05) is 42.5 Å². The van der Waals surface area contributed by atoms with Gasteiger partial charge in [0.2, 0.25) is 0 Å². The second kappa shape index (κ2) is 9.51. The van der Waals surface area contributed by atoms with Crippen molar-refractivity contribution in [3.05, 3.63) is 102 Å². The Hall–Kier alpha value is -3.31. The number of nitrogens with one attached hydrogen (secondary N) is 1. The summed E-state index contributed by atoms with van der Waals surface area (Å²) in [5.74, 6) is 0.927. The van der Waals surface area contributed by atoms with Gasteiger partial charge in [-0.1, -0.05) is 78.9 Å². The molecule has 1 N–H and O–H groups in total. The zero-order chi connectivity index (χ0) is 23.4. The standard InChI is InChI=1S/C29H33N3O2/c1-32(19-11-21-34-27-16-9-4-10-17-27)20-18-26(22-32)31-23-29(30-28(31)33,24-12-5-2-6-13-24)25-14-7-3-8-15-25/h2-10,12-17,26H,11,18-23H2,1H3/p+1. The molecule has 34 heavy (non-hydrogen) atoms. The van der Waals surface area contributed by atoms with E-state index in [2.05, 4.69) is 65.8 Å². The number of quaternary nitrogens is 1. The maximum absolute atomic E-state index is 13.3. The Bertz CT molecular complexity index is 1050. The number of carbonyl (C=O) groups excluding carboxylic acids is 1. The van der Waals surface area contributed by atoms with Gasteiger partial charge in [-0.25, -0.2) is 4.79 Å². The molecule has 5 heteroatoms. The van der Waals surface area contributed by atoms with Gasteiger partial charge in [0, 0.05) is 12.8 Å². The van der Waals surface area contributed by atoms with Gasteiger partial charge in [0.25, 0.3) is 0 Å². The molecule has 2 aliphatic rings. The van der Waals surface area contributed by atoms with Gasteiger partial charge in [0.05, 0.1) is 45.9 Å². The number of rotatable bonds is 8. The molecule has 5 nitrogen and oxygen atoms in total. The number of urea groups is 1. The van der Waals surface area contributed by atoms with E-state index in [0.29, 0.717) is 6.54 Å². The van der Waals surface area contributed by atoms with Crippen LogP contribution in [0.15, 0.2) is 91.0 Å². The topological polar surface area (TPSA) is 41.6 Å². The molecule has 0 saturated carbocycles. The minimum atomic E-state index is -0.519. The molecule has 3 aromatic rings. The molecule has 0 spiro atoms. The van der Waals surface area contributed by atoms with Gasteiger partial charge in [0.1, 0.15) is 11.3 Å². The number of ether oxygens (including phenoxy) is 1. The van der Waals surface area contributed by atoms with Crippen molar-refractivity contribution < 1.29 is 14.0 Å². The molecule has 0 radical (unpaired) electrons. The first-order chi connectivity index (χ1) is 16.6. The van der Waals surface area contributed by atoms with Gasteiger partial charge >= 0.3 is 6.03 Å². The quantitative estimate of drug-likeness (QED) is 0.396. The van der Waals surface area contributed by atoms with Crippen molar-refractivity contribution in [2.24, 2.45) is 0 Å². The van der Waals surface area contributed by atoms with Crippen LogP contribution in [0.2, 0.25) is 0 Å². The summed E-state index contributed by atoms with van der Waals surface area (Å²) >= 11 is 0. The van der Waals surface area contributed by atoms with Gasteiger partial charge in [-0.15, -0.1) is 0 Å². The molecule has 2 aliphatic heterocycles. The van der Waals surface area contributed by atoms with Crippen LogP contribution in [0, 0.1) is 0 Å². The second-order valence-corrected chi connectivity index (χ2v) is 9.90. The maximum Gasteiger partial charge on any atom is 0.319 e. The summed E-state index contributed by atoms with van der Waals surface area (Å²) in [6, 6.07) is 31.0. The highest BCUT2D eigenvalue weighted by atomic mass is 16.5. The van der Waals surface area contributed by atoms with E-state index in [4.69, 9.17) is 4.74 Å². The van der Waals surface area contributed by atoms with Gasteiger partial charge in [-0.2, -0.15) is 0 Å². The lowest BCUT2D eigenvalue weighted by Crippen LogP contribution is -2.47. The number of para-hydroxylation sites is 1. The predicted molar refractivity (Wildman–Crippen MR) is 135 cm³/mol. The third-order valence-electron chi connectivity index (χ3n) is 7.47. The van der Waals surface area contributed by atoms with E-state index in [0.717, 1.165) is 60.4 Å². The van der Waals surface area contributed by atoms with Gasteiger partial charge < -0.3 is 19.4 Å². The van der Waals surface area contributed by atoms with Crippen LogP contribution >= 0.6 is 0 Å². The molecular formula is C29H34N3O2+. The van der Waals surface area contributed by atoms with Crippen molar-refractivity contribution in [2.75, 3.05) is 39.8 Å². The normalized spacial score (nSPS) is 23.6. The fourth-order valence-electron chi connectivity index (χ4n) is 5.62. The fourth-order valence-corrected chi connectivity index (χ4v) is 5.62. The molecule has 2 fully saturated rings. The fraction of sp³-hybridized carbons (Fsp3) is 0.345. The maximum atomic E-state index is 13.3. The van der Waals surface area contributed by atoms with Crippen LogP contribution in [0.5, 0.6) is 5.75 Å². The zero-order valence-electron chi connectivity index (χ0n) is 19.9. The Morgan fingerprint density at radius 3 is 2.15 bits per heavy atom. The SMILES string of the molecule is C[N+]1(CCCOc2ccccc2)CCC(N2CC(c3ccccc3)(c3ccccc3)NC2=O)C1. The first-order valence-electron chi connectivity index (χ1n) is 12.3. The Kier molecular flexibility index (Phi) is 6.29. The molecule has 2 atom stereocenters. The summed E-state index contributed by atoms with van der Waals surface area (Å²) in [5, 5.41) is 3.38. The van der Waals surface area contributed by atoms with Gasteiger partial charge in [0.15, 0.2) is 0 Å². The molecule has 0 aliphatic carbocycles. The number of nitrogens with zero attached hydrogens (tertiary/aromatic N) is 2. The van der Waals surface area contributed by atoms with E-state index in [9.17, 15) is 4.79 Å². The van der Waals surface area contributed by atoms with Crippen LogP contribution in [0.4, 0.5) is 4.79 Å². The smallest absolute Gasteiger partial charge is 0.319 e. The molecule has 0 bridgehead atoms. The first-order valence-corrected chi connectivity index (χ1v) is 12.3. The third kappa shape index (κ3) is 4.53. The number of likely N-dealkylation sites (N-methyl/N-ethyl adjacent to an activating group) is 1. The van der Waals surface area contributed by atoms with Crippen LogP contribution in [0.3, 0.4) is 0 Å². The van der Waals surface area contributed by atoms with Crippen LogP contribution in [-0.4, -0.2) is 61.3 Å². The predicted octanol–water partition coefficient (Wildman–Crippen LogP) is 4.64. The Morgan fingerprint density at radius 2 is 1.53 bits per heavy atom. The van der Waals surface area contributed by atoms with Crippen molar-refractivity contribution in [1.82, 2.24) is 10.2 Å². The second-order valence-electron chi connectivity index (χ2n) is 9.90. The number of hydrogen-bond donors (Lipinski definition) is 1. The average molecular weight is 457 g/mol. The lowest BCUT2D eigenvalue weighted by Gasteiger charge is -2.32. The molecule has 2 saturated heterocycles. The van der Waals surface area contributed by atoms with Crippen molar-refractivity contribution in [2.45, 2.75) is 24.4 Å². The van der Waals surface area contributed by atoms with E-state index in [1.54, 1.807) is 0 Å². The van der Waals surface area contributed by atoms with Crippen LogP contribution in [0.1, 0.15) is 24.0 Å².